The van der Waals surface area contributed by atoms with Gasteiger partial charge in [-0.05, 0) is 49.0 Å². The lowest BCUT2D eigenvalue weighted by molar-refractivity contribution is -0.162. The molecule has 1 saturated carbocycles. The number of carbonyl (C=O) groups is 2. The Bertz CT molecular complexity index is 698. The molecule has 2 N–H and O–H groups in total. The lowest BCUT2D eigenvalue weighted by Gasteiger charge is -2.49. The molecule has 30 heavy (non-hydrogen) atoms. The Morgan fingerprint density at radius 2 is 2.03 bits per heavy atom. The predicted molar refractivity (Wildman–Crippen MR) is 112 cm³/mol. The quantitative estimate of drug-likeness (QED) is 0.506. The number of fused-ring (bicyclic) bond motifs is 1. The first-order chi connectivity index (χ1) is 14.2. The number of hydrogen-bond donors (Lipinski definition) is 2. The molecule has 3 rings (SSSR count). The highest BCUT2D eigenvalue weighted by Gasteiger charge is 2.49. The summed E-state index contributed by atoms with van der Waals surface area (Å²) in [5.41, 5.74) is 0.798. The van der Waals surface area contributed by atoms with Crippen LogP contribution in [-0.2, 0) is 19.1 Å². The molecule has 0 aromatic heterocycles. The second-order valence-electron chi connectivity index (χ2n) is 9.42. The van der Waals surface area contributed by atoms with Gasteiger partial charge in [0, 0.05) is 18.4 Å². The minimum absolute atomic E-state index is 0.0292. The first-order valence-electron chi connectivity index (χ1n) is 11.4. The van der Waals surface area contributed by atoms with Crippen LogP contribution in [0.5, 0.6) is 0 Å². The third-order valence-corrected chi connectivity index (χ3v) is 7.35. The number of ether oxygens (including phenoxy) is 2. The van der Waals surface area contributed by atoms with Crippen molar-refractivity contribution in [3.63, 3.8) is 0 Å². The normalized spacial score (nSPS) is 39.5. The minimum atomic E-state index is -0.652. The van der Waals surface area contributed by atoms with Gasteiger partial charge >= 0.3 is 11.9 Å². The topological polar surface area (TPSA) is 93.1 Å². The number of carbonyl (C=O) groups excluding carboxylic acids is 2. The molecule has 0 aromatic rings. The summed E-state index contributed by atoms with van der Waals surface area (Å²) >= 11 is 0. The average Bonchev–Trinajstić information content (AvgIpc) is 2.71. The summed E-state index contributed by atoms with van der Waals surface area (Å²) in [4.78, 5) is 24.1. The number of aliphatic hydroxyl groups excluding tert-OH is 2. The molecule has 0 saturated heterocycles. The maximum absolute atomic E-state index is 12.6. The molecule has 1 aliphatic heterocycles. The SMILES string of the molecule is CCC(C)C(=O)OC1CC(C)C(O)C2=CC(O)C(C)C(CCC3CC=CC(=O)O3)C21. The largest absolute Gasteiger partial charge is 0.462 e. The van der Waals surface area contributed by atoms with Crippen LogP contribution in [0.25, 0.3) is 0 Å². The highest BCUT2D eigenvalue weighted by atomic mass is 16.5. The summed E-state index contributed by atoms with van der Waals surface area (Å²) < 4.78 is 11.4. The fourth-order valence-electron chi connectivity index (χ4n) is 5.16. The van der Waals surface area contributed by atoms with E-state index in [2.05, 4.69) is 0 Å². The van der Waals surface area contributed by atoms with E-state index in [0.717, 1.165) is 18.4 Å². The van der Waals surface area contributed by atoms with E-state index in [1.54, 1.807) is 6.08 Å². The Hall–Kier alpha value is -1.66. The molecule has 1 fully saturated rings. The maximum atomic E-state index is 12.6. The Morgan fingerprint density at radius 1 is 1.30 bits per heavy atom. The van der Waals surface area contributed by atoms with Gasteiger partial charge < -0.3 is 19.7 Å². The second kappa shape index (κ2) is 9.65. The van der Waals surface area contributed by atoms with Gasteiger partial charge in [-0.3, -0.25) is 4.79 Å². The van der Waals surface area contributed by atoms with Crippen LogP contribution in [0.2, 0.25) is 0 Å². The highest BCUT2D eigenvalue weighted by Crippen LogP contribution is 2.48. The molecule has 0 bridgehead atoms. The van der Waals surface area contributed by atoms with Gasteiger partial charge in [0.2, 0.25) is 0 Å². The highest BCUT2D eigenvalue weighted by molar-refractivity contribution is 5.82. The fraction of sp³-hybridized carbons (Fsp3) is 0.750. The number of esters is 2. The zero-order chi connectivity index (χ0) is 22.0. The molecule has 6 nitrogen and oxygen atoms in total. The van der Waals surface area contributed by atoms with Gasteiger partial charge in [0.15, 0.2) is 0 Å². The van der Waals surface area contributed by atoms with Crippen molar-refractivity contribution in [2.45, 2.75) is 84.2 Å². The van der Waals surface area contributed by atoms with Crippen molar-refractivity contribution < 1.29 is 29.3 Å². The van der Waals surface area contributed by atoms with Gasteiger partial charge in [-0.15, -0.1) is 0 Å². The summed E-state index contributed by atoms with van der Waals surface area (Å²) in [7, 11) is 0. The van der Waals surface area contributed by atoms with E-state index in [1.165, 1.54) is 6.08 Å². The first kappa shape index (κ1) is 23.0. The number of cyclic esters (lactones) is 1. The molecule has 0 spiro atoms. The standard InChI is InChI=1S/C24H36O6/c1-5-13(2)24(28)30-20-11-14(3)23(27)18-12-19(25)15(4)17(22(18)20)10-9-16-7-6-8-21(26)29-16/h6,8,12-17,19-20,22-23,25,27H,5,7,9-11H2,1-4H3. The van der Waals surface area contributed by atoms with E-state index >= 15 is 0 Å². The summed E-state index contributed by atoms with van der Waals surface area (Å²) in [5.74, 6) is -0.871. The monoisotopic (exact) mass is 420 g/mol. The van der Waals surface area contributed by atoms with Crippen molar-refractivity contribution in [1.82, 2.24) is 0 Å². The van der Waals surface area contributed by atoms with E-state index < -0.39 is 12.2 Å². The minimum Gasteiger partial charge on any atom is -0.462 e. The van der Waals surface area contributed by atoms with Crippen LogP contribution < -0.4 is 0 Å². The third kappa shape index (κ3) is 4.80. The van der Waals surface area contributed by atoms with Gasteiger partial charge in [0.1, 0.15) is 12.2 Å². The van der Waals surface area contributed by atoms with Crippen molar-refractivity contribution >= 4 is 11.9 Å². The van der Waals surface area contributed by atoms with Gasteiger partial charge in [-0.2, -0.15) is 0 Å². The van der Waals surface area contributed by atoms with E-state index in [-0.39, 0.29) is 53.7 Å². The van der Waals surface area contributed by atoms with Crippen LogP contribution >= 0.6 is 0 Å². The van der Waals surface area contributed by atoms with Crippen LogP contribution in [0.4, 0.5) is 0 Å². The molecule has 168 valence electrons. The van der Waals surface area contributed by atoms with Crippen molar-refractivity contribution in [3.8, 4) is 0 Å². The molecule has 3 aliphatic rings. The van der Waals surface area contributed by atoms with Crippen molar-refractivity contribution in [2.75, 3.05) is 0 Å². The Balaban J connectivity index is 1.82. The summed E-state index contributed by atoms with van der Waals surface area (Å²) in [6, 6.07) is 0. The van der Waals surface area contributed by atoms with E-state index in [1.807, 2.05) is 33.8 Å². The van der Waals surface area contributed by atoms with Gasteiger partial charge in [-0.25, -0.2) is 4.79 Å². The number of hydrogen-bond acceptors (Lipinski definition) is 6. The third-order valence-electron chi connectivity index (χ3n) is 7.35. The van der Waals surface area contributed by atoms with Crippen LogP contribution in [0, 0.1) is 29.6 Å². The van der Waals surface area contributed by atoms with Crippen LogP contribution in [0.15, 0.2) is 23.8 Å². The Labute approximate surface area is 179 Å². The van der Waals surface area contributed by atoms with Gasteiger partial charge in [0.25, 0.3) is 0 Å². The zero-order valence-electron chi connectivity index (χ0n) is 18.5. The molecule has 2 aliphatic carbocycles. The van der Waals surface area contributed by atoms with Crippen molar-refractivity contribution in [3.05, 3.63) is 23.8 Å². The smallest absolute Gasteiger partial charge is 0.330 e. The first-order valence-corrected chi connectivity index (χ1v) is 11.4. The molecule has 9 atom stereocenters. The molecule has 1 heterocycles. The van der Waals surface area contributed by atoms with E-state index in [4.69, 9.17) is 9.47 Å². The van der Waals surface area contributed by atoms with Gasteiger partial charge in [0.05, 0.1) is 18.1 Å². The fourth-order valence-corrected chi connectivity index (χ4v) is 5.16. The molecule has 0 amide bonds. The van der Waals surface area contributed by atoms with Gasteiger partial charge in [-0.1, -0.05) is 39.8 Å². The van der Waals surface area contributed by atoms with E-state index in [9.17, 15) is 19.8 Å². The predicted octanol–water partition coefficient (Wildman–Crippen LogP) is 3.17. The summed E-state index contributed by atoms with van der Waals surface area (Å²) in [6.07, 6.45) is 6.70. The van der Waals surface area contributed by atoms with Crippen molar-refractivity contribution in [2.24, 2.45) is 29.6 Å². The molecule has 0 aromatic carbocycles. The summed E-state index contributed by atoms with van der Waals surface area (Å²) in [5, 5.41) is 21.5. The van der Waals surface area contributed by atoms with Crippen LogP contribution in [0.1, 0.15) is 59.8 Å². The van der Waals surface area contributed by atoms with E-state index in [0.29, 0.717) is 19.3 Å². The molecule has 6 heteroatoms. The lowest BCUT2D eigenvalue weighted by atomic mass is 9.61. The molecular formula is C24H36O6. The molecule has 9 unspecified atom stereocenters. The summed E-state index contributed by atoms with van der Waals surface area (Å²) in [6.45, 7) is 7.80. The van der Waals surface area contributed by atoms with Crippen molar-refractivity contribution in [1.29, 1.82) is 0 Å². The lowest BCUT2D eigenvalue weighted by Crippen LogP contribution is -2.51. The second-order valence-corrected chi connectivity index (χ2v) is 9.42. The Kier molecular flexibility index (Phi) is 7.40. The number of aliphatic hydroxyl groups is 2. The molecular weight excluding hydrogens is 384 g/mol. The zero-order valence-corrected chi connectivity index (χ0v) is 18.5. The molecule has 0 radical (unpaired) electrons. The van der Waals surface area contributed by atoms with Crippen LogP contribution in [0.3, 0.4) is 0 Å². The number of rotatable bonds is 6. The Morgan fingerprint density at radius 3 is 2.70 bits per heavy atom. The average molecular weight is 421 g/mol. The maximum Gasteiger partial charge on any atom is 0.330 e. The van der Waals surface area contributed by atoms with Crippen LogP contribution in [-0.4, -0.2) is 46.6 Å².